The molecular formula is C15H25FN2. The molecule has 0 aromatic heterocycles. The smallest absolute Gasteiger partial charge is 0.101 e. The third-order valence-electron chi connectivity index (χ3n) is 3.38. The van der Waals surface area contributed by atoms with Crippen LogP contribution < -0.4 is 0 Å². The number of hydrogen-bond donors (Lipinski definition) is 0. The summed E-state index contributed by atoms with van der Waals surface area (Å²) >= 11 is 0. The largest absolute Gasteiger partial charge is 0.299 e. The molecule has 0 aromatic carbocycles. The van der Waals surface area contributed by atoms with E-state index in [1.54, 1.807) is 0 Å². The Hall–Kier alpha value is -0.960. The van der Waals surface area contributed by atoms with Crippen molar-refractivity contribution in [2.75, 3.05) is 19.6 Å². The average Bonchev–Trinajstić information content (AvgIpc) is 2.58. The molecule has 1 fully saturated rings. The van der Waals surface area contributed by atoms with Crippen LogP contribution in [0, 0.1) is 0 Å². The van der Waals surface area contributed by atoms with Crippen LogP contribution in [-0.2, 0) is 0 Å². The molecule has 1 aliphatic rings. The van der Waals surface area contributed by atoms with Gasteiger partial charge in [0.1, 0.15) is 6.17 Å². The number of likely N-dealkylation sites (tertiary alicyclic amines) is 1. The van der Waals surface area contributed by atoms with Crippen molar-refractivity contribution in [1.82, 2.24) is 4.90 Å². The van der Waals surface area contributed by atoms with Gasteiger partial charge in [-0.25, -0.2) is 4.39 Å². The quantitative estimate of drug-likeness (QED) is 0.696. The third-order valence-corrected chi connectivity index (χ3v) is 3.38. The van der Waals surface area contributed by atoms with Gasteiger partial charge in [0.15, 0.2) is 0 Å². The van der Waals surface area contributed by atoms with Crippen LogP contribution in [0.25, 0.3) is 0 Å². The molecule has 0 aliphatic carbocycles. The first-order valence-corrected chi connectivity index (χ1v) is 6.84. The zero-order valence-electron chi connectivity index (χ0n) is 11.8. The highest BCUT2D eigenvalue weighted by atomic mass is 19.1. The highest BCUT2D eigenvalue weighted by Gasteiger charge is 2.16. The molecule has 0 amide bonds. The number of aliphatic imine (C=N–C) groups is 1. The Labute approximate surface area is 110 Å². The fourth-order valence-corrected chi connectivity index (χ4v) is 2.00. The number of halogens is 1. The molecule has 18 heavy (non-hydrogen) atoms. The van der Waals surface area contributed by atoms with E-state index < -0.39 is 6.17 Å². The van der Waals surface area contributed by atoms with Crippen molar-refractivity contribution in [3.8, 4) is 0 Å². The Morgan fingerprint density at radius 1 is 1.28 bits per heavy atom. The first kappa shape index (κ1) is 15.1. The minimum Gasteiger partial charge on any atom is -0.299 e. The van der Waals surface area contributed by atoms with E-state index >= 15 is 0 Å². The van der Waals surface area contributed by atoms with E-state index in [0.717, 1.165) is 31.8 Å². The third kappa shape index (κ3) is 5.58. The molecule has 0 spiro atoms. The van der Waals surface area contributed by atoms with Crippen molar-refractivity contribution in [2.45, 2.75) is 46.2 Å². The molecule has 1 aliphatic heterocycles. The molecule has 1 heterocycles. The maximum absolute atomic E-state index is 13.3. The Balaban J connectivity index is 2.50. The van der Waals surface area contributed by atoms with E-state index in [1.165, 1.54) is 5.57 Å². The second-order valence-electron chi connectivity index (χ2n) is 4.86. The fraction of sp³-hybridized carbons (Fsp3) is 0.667. The standard InChI is InChI=1S/C15H25FN2/c1-4-13(3)17-11-14(5-2)12-18-9-6-7-15(16)8-10-18/h4-5,11,15H,6-10,12H2,1-3H3/b13-4-,14-5+,17-11-. The summed E-state index contributed by atoms with van der Waals surface area (Å²) in [6, 6.07) is 0. The van der Waals surface area contributed by atoms with Crippen molar-refractivity contribution in [2.24, 2.45) is 4.99 Å². The Kier molecular flexibility index (Phi) is 6.88. The molecule has 0 bridgehead atoms. The highest BCUT2D eigenvalue weighted by molar-refractivity contribution is 5.79. The molecule has 0 N–H and O–H groups in total. The monoisotopic (exact) mass is 252 g/mol. The lowest BCUT2D eigenvalue weighted by atomic mass is 10.2. The van der Waals surface area contributed by atoms with Gasteiger partial charge >= 0.3 is 0 Å². The Morgan fingerprint density at radius 3 is 2.72 bits per heavy atom. The lowest BCUT2D eigenvalue weighted by molar-refractivity contribution is 0.278. The average molecular weight is 252 g/mol. The lowest BCUT2D eigenvalue weighted by Crippen LogP contribution is -2.27. The molecule has 102 valence electrons. The number of rotatable bonds is 4. The van der Waals surface area contributed by atoms with E-state index in [1.807, 2.05) is 33.1 Å². The van der Waals surface area contributed by atoms with Crippen LogP contribution in [0.4, 0.5) is 4.39 Å². The summed E-state index contributed by atoms with van der Waals surface area (Å²) in [6.45, 7) is 8.73. The maximum Gasteiger partial charge on any atom is 0.101 e. The molecule has 0 saturated carbocycles. The van der Waals surface area contributed by atoms with Crippen LogP contribution in [0.5, 0.6) is 0 Å². The van der Waals surface area contributed by atoms with Crippen molar-refractivity contribution in [1.29, 1.82) is 0 Å². The van der Waals surface area contributed by atoms with Gasteiger partial charge < -0.3 is 0 Å². The van der Waals surface area contributed by atoms with Gasteiger partial charge in [0.05, 0.1) is 0 Å². The van der Waals surface area contributed by atoms with Gasteiger partial charge in [-0.05, 0) is 52.2 Å². The minimum atomic E-state index is -0.608. The van der Waals surface area contributed by atoms with Gasteiger partial charge in [-0.2, -0.15) is 0 Å². The van der Waals surface area contributed by atoms with Crippen LogP contribution in [0.2, 0.25) is 0 Å². The van der Waals surface area contributed by atoms with Gasteiger partial charge in [0.2, 0.25) is 0 Å². The van der Waals surface area contributed by atoms with E-state index in [4.69, 9.17) is 0 Å². The number of allylic oxidation sites excluding steroid dienone is 3. The van der Waals surface area contributed by atoms with Crippen LogP contribution in [0.1, 0.15) is 40.0 Å². The Morgan fingerprint density at radius 2 is 2.06 bits per heavy atom. The van der Waals surface area contributed by atoms with Gasteiger partial charge in [0, 0.05) is 25.0 Å². The van der Waals surface area contributed by atoms with Crippen LogP contribution >= 0.6 is 0 Å². The number of nitrogens with zero attached hydrogens (tertiary/aromatic N) is 2. The summed E-state index contributed by atoms with van der Waals surface area (Å²) in [4.78, 5) is 6.71. The van der Waals surface area contributed by atoms with Crippen molar-refractivity contribution >= 4 is 6.21 Å². The summed E-state index contributed by atoms with van der Waals surface area (Å²) in [5, 5.41) is 0. The number of hydrogen-bond acceptors (Lipinski definition) is 2. The first-order chi connectivity index (χ1) is 8.65. The molecule has 1 rings (SSSR count). The Bertz CT molecular complexity index is 331. The predicted molar refractivity (Wildman–Crippen MR) is 76.9 cm³/mol. The van der Waals surface area contributed by atoms with E-state index in [2.05, 4.69) is 16.0 Å². The molecule has 2 nitrogen and oxygen atoms in total. The van der Waals surface area contributed by atoms with E-state index in [-0.39, 0.29) is 0 Å². The van der Waals surface area contributed by atoms with Crippen LogP contribution in [0.3, 0.4) is 0 Å². The molecule has 1 saturated heterocycles. The van der Waals surface area contributed by atoms with Crippen molar-refractivity contribution in [3.63, 3.8) is 0 Å². The maximum atomic E-state index is 13.3. The minimum absolute atomic E-state index is 0.608. The fourth-order valence-electron chi connectivity index (χ4n) is 2.00. The molecule has 0 aromatic rings. The normalized spacial score (nSPS) is 24.6. The predicted octanol–water partition coefficient (Wildman–Crippen LogP) is 3.75. The van der Waals surface area contributed by atoms with Crippen LogP contribution in [0.15, 0.2) is 28.4 Å². The number of alkyl halides is 1. The molecule has 3 heteroatoms. The van der Waals surface area contributed by atoms with Crippen molar-refractivity contribution in [3.05, 3.63) is 23.4 Å². The van der Waals surface area contributed by atoms with Gasteiger partial charge in [-0.3, -0.25) is 9.89 Å². The van der Waals surface area contributed by atoms with Crippen LogP contribution in [-0.4, -0.2) is 36.9 Å². The zero-order chi connectivity index (χ0) is 13.4. The highest BCUT2D eigenvalue weighted by Crippen LogP contribution is 2.14. The topological polar surface area (TPSA) is 15.6 Å². The van der Waals surface area contributed by atoms with Gasteiger partial charge in [0.25, 0.3) is 0 Å². The zero-order valence-corrected chi connectivity index (χ0v) is 11.8. The summed E-state index contributed by atoms with van der Waals surface area (Å²) in [7, 11) is 0. The molecule has 1 atom stereocenters. The first-order valence-electron chi connectivity index (χ1n) is 6.84. The van der Waals surface area contributed by atoms with E-state index in [0.29, 0.717) is 12.8 Å². The second kappa shape index (κ2) is 8.20. The summed E-state index contributed by atoms with van der Waals surface area (Å²) in [5.41, 5.74) is 2.22. The molecule has 1 unspecified atom stereocenters. The van der Waals surface area contributed by atoms with Gasteiger partial charge in [-0.15, -0.1) is 0 Å². The summed E-state index contributed by atoms with van der Waals surface area (Å²) in [5.74, 6) is 0. The van der Waals surface area contributed by atoms with Gasteiger partial charge in [-0.1, -0.05) is 12.2 Å². The molecule has 0 radical (unpaired) electrons. The van der Waals surface area contributed by atoms with Crippen molar-refractivity contribution < 1.29 is 4.39 Å². The second-order valence-corrected chi connectivity index (χ2v) is 4.86. The SMILES string of the molecule is C\C=C(/C=N\C(C)=C/C)CN1CCCC(F)CC1. The molecular weight excluding hydrogens is 227 g/mol. The lowest BCUT2D eigenvalue weighted by Gasteiger charge is -2.19. The summed E-state index contributed by atoms with van der Waals surface area (Å²) in [6.07, 6.45) is 7.74. The summed E-state index contributed by atoms with van der Waals surface area (Å²) < 4.78 is 13.3. The van der Waals surface area contributed by atoms with E-state index in [9.17, 15) is 4.39 Å².